The first kappa shape index (κ1) is 29.6. The van der Waals surface area contributed by atoms with Gasteiger partial charge in [0, 0.05) is 29.3 Å². The molecule has 0 spiro atoms. The van der Waals surface area contributed by atoms with Gasteiger partial charge >= 0.3 is 0 Å². The zero-order valence-electron chi connectivity index (χ0n) is 22.7. The maximum Gasteiger partial charge on any atom is 0.293 e. The number of nitrogens with one attached hydrogen (secondary N) is 1. The molecular formula is C30H24F7N5O2. The fourth-order valence-corrected chi connectivity index (χ4v) is 6.15. The van der Waals surface area contributed by atoms with Gasteiger partial charge in [0.15, 0.2) is 0 Å². The molecule has 5 atom stereocenters. The summed E-state index contributed by atoms with van der Waals surface area (Å²) in [5.41, 5.74) is 4.47. The highest BCUT2D eigenvalue weighted by Crippen LogP contribution is 2.68. The molecule has 230 valence electrons. The second-order valence-electron chi connectivity index (χ2n) is 11.1. The summed E-state index contributed by atoms with van der Waals surface area (Å²) in [6.45, 7) is -0.851. The summed E-state index contributed by atoms with van der Waals surface area (Å²) in [5, 5.41) is 6.28. The summed E-state index contributed by atoms with van der Waals surface area (Å²) in [4.78, 5) is 29.5. The van der Waals surface area contributed by atoms with Crippen molar-refractivity contribution in [1.29, 1.82) is 0 Å². The smallest absolute Gasteiger partial charge is 0.293 e. The van der Waals surface area contributed by atoms with Gasteiger partial charge in [-0.15, -0.1) is 0 Å². The predicted molar refractivity (Wildman–Crippen MR) is 142 cm³/mol. The van der Waals surface area contributed by atoms with Crippen molar-refractivity contribution < 1.29 is 40.3 Å². The molecule has 2 heterocycles. The number of rotatable bonds is 9. The number of benzene rings is 1. The Morgan fingerprint density at radius 3 is 2.55 bits per heavy atom. The number of alkyl halides is 5. The van der Waals surface area contributed by atoms with E-state index in [9.17, 15) is 31.5 Å². The number of nitrogens with zero attached hydrogens (tertiary/aromatic N) is 3. The molecule has 14 heteroatoms. The third-order valence-electron chi connectivity index (χ3n) is 8.13. The second kappa shape index (κ2) is 10.9. The van der Waals surface area contributed by atoms with Crippen molar-refractivity contribution in [3.8, 4) is 0 Å². The molecule has 3 N–H and O–H groups in total. The lowest BCUT2D eigenvalue weighted by atomic mass is 9.88. The molecule has 2 amide bonds. The number of primary amides is 1. The minimum atomic E-state index is -3.45. The molecule has 44 heavy (non-hydrogen) atoms. The lowest BCUT2D eigenvalue weighted by molar-refractivity contribution is -0.123. The largest absolute Gasteiger partial charge is 0.369 e. The highest BCUT2D eigenvalue weighted by atomic mass is 19.3. The summed E-state index contributed by atoms with van der Waals surface area (Å²) in [5.74, 6) is -10.3. The van der Waals surface area contributed by atoms with Crippen LogP contribution in [0.25, 0.3) is 5.57 Å². The van der Waals surface area contributed by atoms with Crippen molar-refractivity contribution in [3.05, 3.63) is 100 Å². The van der Waals surface area contributed by atoms with Crippen LogP contribution in [0.2, 0.25) is 0 Å². The quantitative estimate of drug-likeness (QED) is 0.322. The van der Waals surface area contributed by atoms with Crippen LogP contribution in [0.4, 0.5) is 30.7 Å². The van der Waals surface area contributed by atoms with E-state index in [1.807, 2.05) is 0 Å². The highest BCUT2D eigenvalue weighted by molar-refractivity contribution is 5.86. The number of carbonyl (C=O) groups excluding carboxylic acids is 2. The van der Waals surface area contributed by atoms with Crippen molar-refractivity contribution in [3.63, 3.8) is 0 Å². The Morgan fingerprint density at radius 2 is 1.86 bits per heavy atom. The number of pyridine rings is 1. The van der Waals surface area contributed by atoms with Crippen molar-refractivity contribution in [1.82, 2.24) is 20.1 Å². The normalized spacial score (nSPS) is 23.6. The average Bonchev–Trinajstić information content (AvgIpc) is 3.61. The van der Waals surface area contributed by atoms with E-state index in [0.29, 0.717) is 21.9 Å². The molecule has 3 aliphatic carbocycles. The Hall–Kier alpha value is -4.49. The van der Waals surface area contributed by atoms with Crippen LogP contribution >= 0.6 is 0 Å². The maximum atomic E-state index is 15.0. The Labute approximate surface area is 245 Å². The average molecular weight is 620 g/mol. The molecule has 6 rings (SSSR count). The lowest BCUT2D eigenvalue weighted by Gasteiger charge is -2.24. The van der Waals surface area contributed by atoms with Crippen LogP contribution in [0, 0.1) is 23.5 Å². The first-order chi connectivity index (χ1) is 20.8. The van der Waals surface area contributed by atoms with E-state index >= 15 is 8.78 Å². The maximum absolute atomic E-state index is 15.0. The number of carbonyl (C=O) groups is 2. The second-order valence-corrected chi connectivity index (χ2v) is 11.1. The first-order valence-electron chi connectivity index (χ1n) is 13.6. The number of allylic oxidation sites excluding steroid dienone is 3. The minimum Gasteiger partial charge on any atom is -0.369 e. The van der Waals surface area contributed by atoms with Crippen LogP contribution < -0.4 is 11.1 Å². The number of halogens is 7. The summed E-state index contributed by atoms with van der Waals surface area (Å²) >= 11 is 0. The Bertz CT molecular complexity index is 1700. The molecule has 0 saturated heterocycles. The van der Waals surface area contributed by atoms with Gasteiger partial charge in [-0.1, -0.05) is 18.2 Å². The number of hydrogen-bond acceptors (Lipinski definition) is 4. The van der Waals surface area contributed by atoms with Crippen LogP contribution in [-0.2, 0) is 28.5 Å². The molecule has 7 nitrogen and oxygen atoms in total. The topological polar surface area (TPSA) is 103 Å². The van der Waals surface area contributed by atoms with Gasteiger partial charge in [0.25, 0.3) is 12.3 Å². The number of aromatic nitrogens is 3. The van der Waals surface area contributed by atoms with Gasteiger partial charge in [-0.3, -0.25) is 19.3 Å². The summed E-state index contributed by atoms with van der Waals surface area (Å²) < 4.78 is 101. The van der Waals surface area contributed by atoms with E-state index in [4.69, 9.17) is 5.73 Å². The SMILES string of the molecule is NC(=O)C1C=C(c2cccnc2[C@H](Cc2cc(F)cc(F)c2)NC(=O)Cn2nc(C(F)F)c3c2C(F)(F)C2CC32)C=CC1F. The van der Waals surface area contributed by atoms with E-state index in [0.717, 1.165) is 18.2 Å². The van der Waals surface area contributed by atoms with Gasteiger partial charge in [-0.2, -0.15) is 13.9 Å². The minimum absolute atomic E-state index is 0.0520. The Morgan fingerprint density at radius 1 is 1.14 bits per heavy atom. The van der Waals surface area contributed by atoms with Gasteiger partial charge < -0.3 is 11.1 Å². The molecule has 1 aromatic carbocycles. The number of hydrogen-bond donors (Lipinski definition) is 2. The van der Waals surface area contributed by atoms with Gasteiger partial charge in [0.05, 0.1) is 17.7 Å². The number of amides is 2. The van der Waals surface area contributed by atoms with E-state index < -0.39 is 83.7 Å². The van der Waals surface area contributed by atoms with Crippen LogP contribution in [0.15, 0.2) is 54.8 Å². The molecule has 0 aliphatic heterocycles. The molecule has 0 radical (unpaired) electrons. The molecule has 3 aromatic rings. The third-order valence-corrected chi connectivity index (χ3v) is 8.13. The molecule has 1 saturated carbocycles. The van der Waals surface area contributed by atoms with Gasteiger partial charge in [0.2, 0.25) is 11.8 Å². The molecule has 3 aliphatic rings. The molecule has 0 bridgehead atoms. The summed E-state index contributed by atoms with van der Waals surface area (Å²) in [6.07, 6.45) is 0.171. The van der Waals surface area contributed by atoms with E-state index in [2.05, 4.69) is 15.4 Å². The van der Waals surface area contributed by atoms with Crippen LogP contribution in [0.1, 0.15) is 58.6 Å². The number of nitrogens with two attached hydrogens (primary N) is 1. The monoisotopic (exact) mass is 619 g/mol. The highest BCUT2D eigenvalue weighted by Gasteiger charge is 2.67. The van der Waals surface area contributed by atoms with Crippen molar-refractivity contribution in [2.24, 2.45) is 17.6 Å². The zero-order valence-corrected chi connectivity index (χ0v) is 22.7. The zero-order chi connectivity index (χ0) is 31.5. The molecular weight excluding hydrogens is 595 g/mol. The van der Waals surface area contributed by atoms with Crippen molar-refractivity contribution >= 4 is 17.4 Å². The lowest BCUT2D eigenvalue weighted by Crippen LogP contribution is -2.35. The van der Waals surface area contributed by atoms with Gasteiger partial charge in [-0.05, 0) is 54.2 Å². The van der Waals surface area contributed by atoms with Crippen LogP contribution in [-0.4, -0.2) is 32.8 Å². The van der Waals surface area contributed by atoms with Crippen molar-refractivity contribution in [2.75, 3.05) is 0 Å². The Kier molecular flexibility index (Phi) is 7.33. The van der Waals surface area contributed by atoms with Crippen LogP contribution in [0.5, 0.6) is 0 Å². The van der Waals surface area contributed by atoms with Crippen molar-refractivity contribution in [2.45, 2.75) is 49.9 Å². The molecule has 2 aromatic heterocycles. The third kappa shape index (κ3) is 5.26. The van der Waals surface area contributed by atoms with Gasteiger partial charge in [0.1, 0.15) is 35.7 Å². The predicted octanol–water partition coefficient (Wildman–Crippen LogP) is 5.20. The van der Waals surface area contributed by atoms with E-state index in [1.165, 1.54) is 24.4 Å². The van der Waals surface area contributed by atoms with E-state index in [-0.39, 0.29) is 29.7 Å². The number of fused-ring (bicyclic) bond motifs is 3. The standard InChI is InChI=1S/C30H24F7N5O2/c31-15-6-13(7-16(32)10-15)8-22(25-17(2-1-5-39-25)14-3-4-21(33)19(9-14)29(38)44)40-23(43)12-42-27-24(26(41-42)28(34)35)18-11-20(18)30(27,36)37/h1-7,9-10,18-22,28H,8,11-12H2,(H2,38,44)(H,40,43)/t18?,19?,20?,21?,22-/m0/s1. The van der Waals surface area contributed by atoms with Crippen LogP contribution in [0.3, 0.4) is 0 Å². The fraction of sp³-hybridized carbons (Fsp3) is 0.333. The first-order valence-corrected chi connectivity index (χ1v) is 13.6. The Balaban J connectivity index is 1.36. The summed E-state index contributed by atoms with van der Waals surface area (Å²) in [7, 11) is 0. The fourth-order valence-electron chi connectivity index (χ4n) is 6.15. The summed E-state index contributed by atoms with van der Waals surface area (Å²) in [6, 6.07) is 4.65. The molecule has 1 fully saturated rings. The molecule has 4 unspecified atom stereocenters. The van der Waals surface area contributed by atoms with Gasteiger partial charge in [-0.25, -0.2) is 22.0 Å². The van der Waals surface area contributed by atoms with E-state index in [1.54, 1.807) is 6.07 Å².